The third-order valence-electron chi connectivity index (χ3n) is 3.93. The molecule has 0 fully saturated rings. The van der Waals surface area contributed by atoms with Crippen LogP contribution in [0.25, 0.3) is 11.0 Å². The van der Waals surface area contributed by atoms with E-state index in [9.17, 15) is 4.79 Å². The summed E-state index contributed by atoms with van der Waals surface area (Å²) in [5, 5.41) is 3.00. The fourth-order valence-electron chi connectivity index (χ4n) is 2.85. The summed E-state index contributed by atoms with van der Waals surface area (Å²) in [6.07, 6.45) is 0.394. The van der Waals surface area contributed by atoms with Gasteiger partial charge in [-0.15, -0.1) is 0 Å². The molecule has 0 aliphatic carbocycles. The molecule has 24 heavy (non-hydrogen) atoms. The molecule has 0 saturated heterocycles. The standard InChI is InChI=1S/C20H23N3O/c1-15(2)14-23-18-11-7-6-10-17(18)22-19(23)13-21-20(24)12-16-8-4-3-5-9-16/h3-11,15H,12-14H2,1-2H3,(H,21,24). The highest BCUT2D eigenvalue weighted by atomic mass is 16.1. The van der Waals surface area contributed by atoms with E-state index in [1.54, 1.807) is 0 Å². The van der Waals surface area contributed by atoms with Crippen LogP contribution in [-0.4, -0.2) is 15.5 Å². The molecule has 3 aromatic rings. The molecule has 0 bridgehead atoms. The summed E-state index contributed by atoms with van der Waals surface area (Å²) in [5.74, 6) is 1.44. The predicted octanol–water partition coefficient (Wildman–Crippen LogP) is 3.55. The lowest BCUT2D eigenvalue weighted by Gasteiger charge is -2.12. The number of imidazole rings is 1. The van der Waals surface area contributed by atoms with Gasteiger partial charge in [0.25, 0.3) is 0 Å². The minimum absolute atomic E-state index is 0.0179. The van der Waals surface area contributed by atoms with E-state index in [-0.39, 0.29) is 5.91 Å². The van der Waals surface area contributed by atoms with Gasteiger partial charge in [0, 0.05) is 6.54 Å². The van der Waals surface area contributed by atoms with Crippen molar-refractivity contribution in [3.63, 3.8) is 0 Å². The van der Waals surface area contributed by atoms with Crippen molar-refractivity contribution in [1.82, 2.24) is 14.9 Å². The van der Waals surface area contributed by atoms with Gasteiger partial charge >= 0.3 is 0 Å². The topological polar surface area (TPSA) is 46.9 Å². The van der Waals surface area contributed by atoms with Gasteiger partial charge in [-0.3, -0.25) is 4.79 Å². The van der Waals surface area contributed by atoms with E-state index in [4.69, 9.17) is 4.98 Å². The summed E-state index contributed by atoms with van der Waals surface area (Å²) in [6, 6.07) is 17.9. The van der Waals surface area contributed by atoms with Crippen LogP contribution in [0.3, 0.4) is 0 Å². The number of amides is 1. The number of benzene rings is 2. The molecule has 0 aliphatic heterocycles. The zero-order valence-corrected chi connectivity index (χ0v) is 14.2. The molecule has 1 aromatic heterocycles. The Balaban J connectivity index is 1.73. The lowest BCUT2D eigenvalue weighted by atomic mass is 10.1. The van der Waals surface area contributed by atoms with Crippen molar-refractivity contribution in [2.24, 2.45) is 5.92 Å². The fraction of sp³-hybridized carbons (Fsp3) is 0.300. The molecule has 3 rings (SSSR count). The van der Waals surface area contributed by atoms with Crippen LogP contribution in [0.4, 0.5) is 0 Å². The maximum atomic E-state index is 12.2. The lowest BCUT2D eigenvalue weighted by molar-refractivity contribution is -0.120. The van der Waals surface area contributed by atoms with E-state index >= 15 is 0 Å². The molecule has 0 spiro atoms. The van der Waals surface area contributed by atoms with E-state index in [2.05, 4.69) is 29.8 Å². The van der Waals surface area contributed by atoms with Gasteiger partial charge in [0.05, 0.1) is 24.0 Å². The molecule has 1 N–H and O–H groups in total. The van der Waals surface area contributed by atoms with Crippen molar-refractivity contribution >= 4 is 16.9 Å². The monoisotopic (exact) mass is 321 g/mol. The second kappa shape index (κ2) is 7.30. The number of carbonyl (C=O) groups excluding carboxylic acids is 1. The van der Waals surface area contributed by atoms with E-state index in [1.807, 2.05) is 48.5 Å². The Morgan fingerprint density at radius 3 is 2.54 bits per heavy atom. The van der Waals surface area contributed by atoms with Gasteiger partial charge in [-0.25, -0.2) is 4.98 Å². The molecule has 124 valence electrons. The maximum absolute atomic E-state index is 12.2. The molecule has 0 unspecified atom stereocenters. The minimum Gasteiger partial charge on any atom is -0.349 e. The molecule has 0 saturated carbocycles. The van der Waals surface area contributed by atoms with Crippen LogP contribution in [0.15, 0.2) is 54.6 Å². The van der Waals surface area contributed by atoms with Gasteiger partial charge in [-0.2, -0.15) is 0 Å². The van der Waals surface area contributed by atoms with Crippen molar-refractivity contribution < 1.29 is 4.79 Å². The van der Waals surface area contributed by atoms with E-state index in [1.165, 1.54) is 0 Å². The number of aromatic nitrogens is 2. The van der Waals surface area contributed by atoms with Crippen LogP contribution in [-0.2, 0) is 24.3 Å². The smallest absolute Gasteiger partial charge is 0.224 e. The quantitative estimate of drug-likeness (QED) is 0.755. The molecule has 1 amide bonds. The maximum Gasteiger partial charge on any atom is 0.224 e. The van der Waals surface area contributed by atoms with Crippen LogP contribution >= 0.6 is 0 Å². The highest BCUT2D eigenvalue weighted by Gasteiger charge is 2.12. The van der Waals surface area contributed by atoms with E-state index in [0.717, 1.165) is 29.0 Å². The highest BCUT2D eigenvalue weighted by Crippen LogP contribution is 2.17. The second-order valence-corrected chi connectivity index (χ2v) is 6.46. The van der Waals surface area contributed by atoms with Crippen LogP contribution in [0.5, 0.6) is 0 Å². The fourth-order valence-corrected chi connectivity index (χ4v) is 2.85. The molecule has 1 heterocycles. The number of nitrogens with zero attached hydrogens (tertiary/aromatic N) is 2. The Morgan fingerprint density at radius 2 is 1.79 bits per heavy atom. The predicted molar refractivity (Wildman–Crippen MR) is 96.6 cm³/mol. The van der Waals surface area contributed by atoms with Crippen LogP contribution in [0.2, 0.25) is 0 Å². The average Bonchev–Trinajstić information content (AvgIpc) is 2.91. The lowest BCUT2D eigenvalue weighted by Crippen LogP contribution is -2.26. The van der Waals surface area contributed by atoms with Gasteiger partial charge in [0.1, 0.15) is 5.82 Å². The first kappa shape index (κ1) is 16.2. The van der Waals surface area contributed by atoms with Crippen molar-refractivity contribution in [3.8, 4) is 0 Å². The van der Waals surface area contributed by atoms with Gasteiger partial charge in [0.2, 0.25) is 5.91 Å². The second-order valence-electron chi connectivity index (χ2n) is 6.46. The SMILES string of the molecule is CC(C)Cn1c(CNC(=O)Cc2ccccc2)nc2ccccc21. The molecule has 0 atom stereocenters. The number of rotatable bonds is 6. The normalized spacial score (nSPS) is 11.1. The van der Waals surface area contributed by atoms with Crippen molar-refractivity contribution in [2.75, 3.05) is 0 Å². The Labute approximate surface area is 142 Å². The number of nitrogens with one attached hydrogen (secondary N) is 1. The summed E-state index contributed by atoms with van der Waals surface area (Å²) in [5.41, 5.74) is 3.12. The summed E-state index contributed by atoms with van der Waals surface area (Å²) in [6.45, 7) is 5.72. The van der Waals surface area contributed by atoms with Crippen LogP contribution in [0.1, 0.15) is 25.2 Å². The van der Waals surface area contributed by atoms with E-state index in [0.29, 0.717) is 18.9 Å². The van der Waals surface area contributed by atoms with Gasteiger partial charge in [-0.1, -0.05) is 56.3 Å². The van der Waals surface area contributed by atoms with Crippen molar-refractivity contribution in [2.45, 2.75) is 33.4 Å². The summed E-state index contributed by atoms with van der Waals surface area (Å²) < 4.78 is 2.21. The highest BCUT2D eigenvalue weighted by molar-refractivity contribution is 5.79. The number of fused-ring (bicyclic) bond motifs is 1. The van der Waals surface area contributed by atoms with Crippen LogP contribution < -0.4 is 5.32 Å². The summed E-state index contributed by atoms with van der Waals surface area (Å²) >= 11 is 0. The molecule has 4 nitrogen and oxygen atoms in total. The Kier molecular flexibility index (Phi) is 4.94. The van der Waals surface area contributed by atoms with Crippen molar-refractivity contribution in [3.05, 3.63) is 66.0 Å². The zero-order valence-electron chi connectivity index (χ0n) is 14.2. The van der Waals surface area contributed by atoms with Gasteiger partial charge in [0.15, 0.2) is 0 Å². The third-order valence-corrected chi connectivity index (χ3v) is 3.93. The van der Waals surface area contributed by atoms with E-state index < -0.39 is 0 Å². The first-order valence-electron chi connectivity index (χ1n) is 8.38. The van der Waals surface area contributed by atoms with Crippen LogP contribution in [0, 0.1) is 5.92 Å². The summed E-state index contributed by atoms with van der Waals surface area (Å²) in [4.78, 5) is 16.9. The molecule has 0 aliphatic rings. The minimum atomic E-state index is 0.0179. The number of para-hydroxylation sites is 2. The molecule has 4 heteroatoms. The summed E-state index contributed by atoms with van der Waals surface area (Å²) in [7, 11) is 0. The molecular formula is C20H23N3O. The first-order chi connectivity index (χ1) is 11.6. The largest absolute Gasteiger partial charge is 0.349 e. The zero-order chi connectivity index (χ0) is 16.9. The Bertz CT molecular complexity index is 821. The van der Waals surface area contributed by atoms with Crippen molar-refractivity contribution in [1.29, 1.82) is 0 Å². The number of carbonyl (C=O) groups is 1. The molecular weight excluding hydrogens is 298 g/mol. The molecule has 0 radical (unpaired) electrons. The Hall–Kier alpha value is -2.62. The number of hydrogen-bond acceptors (Lipinski definition) is 2. The number of hydrogen-bond donors (Lipinski definition) is 1. The Morgan fingerprint density at radius 1 is 1.08 bits per heavy atom. The van der Waals surface area contributed by atoms with Gasteiger partial charge < -0.3 is 9.88 Å². The third kappa shape index (κ3) is 3.82. The average molecular weight is 321 g/mol. The first-order valence-corrected chi connectivity index (χ1v) is 8.38. The van der Waals surface area contributed by atoms with Gasteiger partial charge in [-0.05, 0) is 23.6 Å². The molecule has 2 aromatic carbocycles.